The fourth-order valence-corrected chi connectivity index (χ4v) is 19.4. The lowest BCUT2D eigenvalue weighted by atomic mass is 10.1. The zero-order valence-corrected chi connectivity index (χ0v) is 84.9. The van der Waals surface area contributed by atoms with Crippen molar-refractivity contribution in [3.05, 3.63) is 182 Å². The van der Waals surface area contributed by atoms with Crippen molar-refractivity contribution < 1.29 is 83.5 Å². The van der Waals surface area contributed by atoms with Gasteiger partial charge < -0.3 is 90.3 Å². The molecule has 16 N–H and O–H groups in total. The van der Waals surface area contributed by atoms with Gasteiger partial charge in [-0.15, -0.1) is 65.9 Å². The summed E-state index contributed by atoms with van der Waals surface area (Å²) in [5, 5.41) is 103. The van der Waals surface area contributed by atoms with E-state index in [1.807, 2.05) is 59.8 Å². The van der Waals surface area contributed by atoms with Crippen LogP contribution in [0.3, 0.4) is 0 Å². The second kappa shape index (κ2) is 49.6. The number of hydrogen-bond donors (Lipinski definition) is 16. The van der Waals surface area contributed by atoms with Crippen LogP contribution in [0.25, 0.3) is 0 Å². The molecule has 39 nitrogen and oxygen atoms in total. The van der Waals surface area contributed by atoms with Crippen molar-refractivity contribution in [2.75, 3.05) is 124 Å². The first-order valence-electron chi connectivity index (χ1n) is 43.5. The van der Waals surface area contributed by atoms with Gasteiger partial charge in [-0.3, -0.25) is 43.0 Å². The number of rotatable bonds is 34. The van der Waals surface area contributed by atoms with Crippen molar-refractivity contribution in [2.24, 2.45) is 14.1 Å². The van der Waals surface area contributed by atoms with E-state index >= 15 is 0 Å². The highest BCUT2D eigenvalue weighted by Gasteiger charge is 2.50. The average molecular weight is 1960 g/mol. The van der Waals surface area contributed by atoms with Gasteiger partial charge in [0, 0.05) is 81.7 Å². The van der Waals surface area contributed by atoms with Crippen molar-refractivity contribution in [1.82, 2.24) is 63.3 Å². The first-order valence-corrected chi connectivity index (χ1v) is 59.1. The van der Waals surface area contributed by atoms with E-state index in [4.69, 9.17) is 40.6 Å². The van der Waals surface area contributed by atoms with Crippen LogP contribution in [0, 0.1) is 4.77 Å². The summed E-state index contributed by atoms with van der Waals surface area (Å²) in [5.41, 5.74) is -0.00322. The van der Waals surface area contributed by atoms with Gasteiger partial charge in [0.05, 0.1) is 51.2 Å². The minimum atomic E-state index is -1.30. The topological polar surface area (TPSA) is 528 Å². The number of ether oxygens (including phenoxy) is 6. The van der Waals surface area contributed by atoms with E-state index in [1.165, 1.54) is 75.7 Å². The minimum Gasteiger partial charge on any atom is -0.388 e. The molecule has 131 heavy (non-hydrogen) atoms. The molecule has 0 bridgehead atoms. The Kier molecular flexibility index (Phi) is 43.0. The summed E-state index contributed by atoms with van der Waals surface area (Å²) in [6.45, 7) is 31.4. The molecule has 45 heteroatoms. The van der Waals surface area contributed by atoms with Gasteiger partial charge in [-0.1, -0.05) is 34.9 Å². The summed E-state index contributed by atoms with van der Waals surface area (Å²) in [7, 11) is 4.33. The predicted molar refractivity (Wildman–Crippen MR) is 528 cm³/mol. The highest BCUT2D eigenvalue weighted by molar-refractivity contribution is 7.73. The fraction of sp³-hybridized carbons (Fsp3) is 0.663. The predicted octanol–water partition coefficient (Wildman–Crippen LogP) is -0.391. The van der Waals surface area contributed by atoms with Crippen LogP contribution in [0.4, 0.5) is 0 Å². The van der Waals surface area contributed by atoms with Crippen LogP contribution in [-0.4, -0.2) is 341 Å². The molecule has 5 saturated heterocycles. The van der Waals surface area contributed by atoms with Gasteiger partial charge in [0.1, 0.15) is 61.0 Å². The zero-order valence-electron chi connectivity index (χ0n) is 79.6. The fourth-order valence-electron chi connectivity index (χ4n) is 14.4. The van der Waals surface area contributed by atoms with Gasteiger partial charge in [0.2, 0.25) is 25.1 Å². The number of hydrogen-bond acceptors (Lipinski definition) is 28. The number of aryl methyl sites for hydroxylation is 2. The van der Waals surface area contributed by atoms with Crippen molar-refractivity contribution >= 4 is 78.1 Å². The average Bonchev–Trinajstić information content (AvgIpc) is 1.69. The van der Waals surface area contributed by atoms with Gasteiger partial charge in [0.15, 0.2) is 23.5 Å². The molecule has 1 unspecified atom stereocenters. The molecule has 10 heterocycles. The Bertz CT molecular complexity index is 5530. The molecule has 5 aliphatic rings. The third kappa shape index (κ3) is 33.8. The second-order valence-corrected chi connectivity index (χ2v) is 60.2. The van der Waals surface area contributed by atoms with Crippen molar-refractivity contribution in [2.45, 2.75) is 229 Å². The smallest absolute Gasteiger partial charge is 0.388 e. The molecule has 0 spiro atoms. The van der Waals surface area contributed by atoms with Gasteiger partial charge >= 0.3 is 34.1 Å². The van der Waals surface area contributed by atoms with Crippen molar-refractivity contribution in [3.8, 4) is 0 Å². The van der Waals surface area contributed by atoms with Crippen molar-refractivity contribution in [3.63, 3.8) is 0 Å². The SMILES string of the molecule is C=P(C)(C)CC[C@H]1OC(n2c[n+](C)c(=O)n(C)c2=O)[C@H](O)[C@@H]1O.C=P(C)(C)CC[C@H]1O[C@@H](n2c[n+](CC)c(=O)[nH]c2=O)[C@H](O)[C@@H]1O.C=P(C)(C)CC[C@H]1O[C@@H](n2cc(CNCC=C(C)C)c(=O)[nH]c2=O)[C@H](O)[C@@H]1O.C=P(C)(C)CC[C@H]1O[C@@H](n2cc(CNCC=C(C)C)c(=O)[nH]c2=O)[C@H](OC)[C@@H]1O.C=P(C)(C)CC[C@H]1O[C@@H](n2cc(CNCC=C(C)C)c(=O)[nH]c2=S)[C@H](O)[C@@H]1O. The third-order valence-corrected chi connectivity index (χ3v) is 29.8. The van der Waals surface area contributed by atoms with E-state index < -0.39 is 202 Å². The number of aliphatic hydroxyl groups is 9. The number of aromatic amines is 4. The highest BCUT2D eigenvalue weighted by Crippen LogP contribution is 2.44. The molecule has 0 aromatic carbocycles. The first kappa shape index (κ1) is 113. The van der Waals surface area contributed by atoms with Crippen LogP contribution in [0.2, 0.25) is 0 Å². The number of aromatic nitrogens is 12. The van der Waals surface area contributed by atoms with Crippen molar-refractivity contribution in [1.29, 1.82) is 0 Å². The summed E-state index contributed by atoms with van der Waals surface area (Å²) in [6, 6.07) is 0. The Balaban J connectivity index is 0.000000253. The summed E-state index contributed by atoms with van der Waals surface area (Å²) >= 11 is 5.26. The third-order valence-electron chi connectivity index (χ3n) is 22.1. The normalized spacial score (nSPS) is 26.1. The molecule has 10 rings (SSSR count). The lowest BCUT2D eigenvalue weighted by molar-refractivity contribution is -0.715. The minimum absolute atomic E-state index is 0.153. The van der Waals surface area contributed by atoms with E-state index in [0.717, 1.165) is 54.7 Å². The number of nitrogens with one attached hydrogen (secondary N) is 7. The van der Waals surface area contributed by atoms with E-state index in [9.17, 15) is 89.1 Å². The van der Waals surface area contributed by atoms with E-state index in [-0.39, 0.29) is 16.9 Å². The molecule has 5 aromatic heterocycles. The number of H-pyrrole nitrogens is 4. The molecule has 20 atom stereocenters. The Hall–Kier alpha value is -6.32. The van der Waals surface area contributed by atoms with Gasteiger partial charge in [-0.05, 0) is 190 Å². The molecule has 0 amide bonds. The van der Waals surface area contributed by atoms with Crippen LogP contribution in [0.5, 0.6) is 0 Å². The Labute approximate surface area is 770 Å². The molecule has 5 aliphatic heterocycles. The van der Waals surface area contributed by atoms with Gasteiger partial charge in [-0.2, -0.15) is 18.7 Å². The Morgan fingerprint density at radius 1 is 0.435 bits per heavy atom. The van der Waals surface area contributed by atoms with Gasteiger partial charge in [0.25, 0.3) is 16.7 Å². The number of nitrogens with zero attached hydrogens (tertiary/aromatic N) is 8. The van der Waals surface area contributed by atoms with Crippen LogP contribution >= 0.6 is 46.6 Å². The summed E-state index contributed by atoms with van der Waals surface area (Å²) in [6.07, 6.45) is 22.8. The standard InChI is InChI=1S/C20H34N3O5P.C19H32N3O5P.C19H32N3O4PS.C14H25N3O5P.C14H24N3O5P/c1-13(2)7-9-21-11-14-12-23(20(26)22-18(14)25)19-17(27-3)16(24)15(28-19)8-10-29(4,5)6;1-12(2)6-8-20-10-13-11-22(19(26)21-17(13)25)18-16(24)15(23)14(27-18)7-9-28(3,4)5;1-12(2)6-8-20-10-13-11-22(19(28)21-17(13)25)18-16(24)15(23)14(26-18)7-9-27(3,4)5;1-15-8-17(14(21)16(2)13(15)20)12-11(19)10(18)9(22-12)6-7-23(3,4)5;1-5-16-8-17(14(21)15-13(16)20)12-11(19)10(18)9(22-12)6-7-23(2,3)4/h7,12,15-17,19,21,24H,4,8-11H2,1-3,5-6H3,(H,22,25,26);6,11,14-16,18,20,23-24H,3,7-10H2,1-2,4-5H3,(H,21,25,26);6,11,14-16,18,20,23-24H,3,7-10H2,1-2,4-5H3,(H,21,25,28);8-12,18-19H,3,6-7H2,1-2,4-5H3;8-12,18-19H,2,5-7H2,1,3-4H3/q;;;+1;/p+1/t15-,16-,17-,19-;2*14-,15-,16-,18-;9-,10-,11-,12?;9-,10-,11-,12-/m11111/s1. The number of aliphatic hydroxyl groups excluding tert-OH is 9. The maximum atomic E-state index is 12.4. The van der Waals surface area contributed by atoms with E-state index in [1.54, 1.807) is 13.1 Å². The maximum Gasteiger partial charge on any atom is 0.450 e. The molecule has 0 radical (unpaired) electrons. The molecule has 740 valence electrons. The quantitative estimate of drug-likeness (QED) is 0.00820. The molecule has 5 aromatic rings. The van der Waals surface area contributed by atoms with Crippen LogP contribution < -0.4 is 75.9 Å². The lowest BCUT2D eigenvalue weighted by Gasteiger charge is -2.21. The zero-order chi connectivity index (χ0) is 98.8. The number of allylic oxidation sites excluding steroid dienone is 3. The van der Waals surface area contributed by atoms with Crippen LogP contribution in [0.1, 0.15) is 128 Å². The molecule has 0 saturated carbocycles. The van der Waals surface area contributed by atoms with E-state index in [0.29, 0.717) is 88.1 Å². The summed E-state index contributed by atoms with van der Waals surface area (Å²) in [5.74, 6) is 0. The lowest BCUT2D eigenvalue weighted by Crippen LogP contribution is -2.58. The molecular formula is C86H148N15O24P5S+2. The van der Waals surface area contributed by atoms with E-state index in [2.05, 4.69) is 134 Å². The summed E-state index contributed by atoms with van der Waals surface area (Å²) in [4.78, 5) is 118. The number of methoxy groups -OCH3 is 1. The maximum absolute atomic E-state index is 12.4. The Morgan fingerprint density at radius 3 is 1.05 bits per heavy atom. The molecular weight excluding hydrogens is 1810 g/mol. The summed E-state index contributed by atoms with van der Waals surface area (Å²) < 4.78 is 44.5. The molecule has 0 aliphatic carbocycles. The largest absolute Gasteiger partial charge is 0.450 e. The molecule has 5 fully saturated rings. The van der Waals surface area contributed by atoms with Crippen LogP contribution in [0.15, 0.2) is 109 Å². The first-order chi connectivity index (χ1) is 60.7. The van der Waals surface area contributed by atoms with Gasteiger partial charge in [-0.25, -0.2) is 37.9 Å². The highest BCUT2D eigenvalue weighted by atomic mass is 32.1. The Morgan fingerprint density at radius 2 is 0.725 bits per heavy atom. The van der Waals surface area contributed by atoms with Crippen LogP contribution in [-0.2, 0) is 68.7 Å². The second-order valence-electron chi connectivity index (χ2n) is 38.2. The monoisotopic (exact) mass is 1960 g/mol.